The molecule has 0 spiro atoms. The van der Waals surface area contributed by atoms with Crippen LogP contribution in [0.5, 0.6) is 0 Å². The number of carbonyl (C=O) groups is 2. The number of carbonyl (C=O) groups excluding carboxylic acids is 2. The first-order valence-corrected chi connectivity index (χ1v) is 9.11. The number of rotatable bonds is 5. The van der Waals surface area contributed by atoms with Crippen molar-refractivity contribution in [2.45, 2.75) is 52.1 Å². The fraction of sp³-hybridized carbons (Fsp3) is 0.364. The Kier molecular flexibility index (Phi) is 5.12. The van der Waals surface area contributed by atoms with Gasteiger partial charge in [-0.2, -0.15) is 0 Å². The molecule has 0 aromatic heterocycles. The number of hydrogen-bond donors (Lipinski definition) is 1. The van der Waals surface area contributed by atoms with E-state index in [9.17, 15) is 9.59 Å². The summed E-state index contributed by atoms with van der Waals surface area (Å²) in [6, 6.07) is 13.4. The van der Waals surface area contributed by atoms with Crippen molar-refractivity contribution < 1.29 is 14.3 Å². The second-order valence-corrected chi connectivity index (χ2v) is 7.35. The number of cyclic esters (lactones) is 1. The summed E-state index contributed by atoms with van der Waals surface area (Å²) in [6.45, 7) is 8.46. The van der Waals surface area contributed by atoms with E-state index in [0.717, 1.165) is 22.4 Å². The standard InChI is InChI=1S/C22H25NO3/c1-13(2)15-10-7-11-16(14(3)4)21(15)23-20(24)12-19-17-8-5-6-9-18(17)22(25)26-19/h5-11,13-14,19H,12H2,1-4H3,(H,23,24). The van der Waals surface area contributed by atoms with Crippen molar-refractivity contribution >= 4 is 17.6 Å². The molecule has 0 radical (unpaired) electrons. The summed E-state index contributed by atoms with van der Waals surface area (Å²) in [5.74, 6) is 0.0985. The SMILES string of the molecule is CC(C)c1cccc(C(C)C)c1NC(=O)CC1OC(=O)c2ccccc21. The summed E-state index contributed by atoms with van der Waals surface area (Å²) < 4.78 is 5.40. The number of fused-ring (bicyclic) bond motifs is 1. The highest BCUT2D eigenvalue weighted by molar-refractivity contribution is 5.97. The van der Waals surface area contributed by atoms with Crippen LogP contribution in [-0.4, -0.2) is 11.9 Å². The summed E-state index contributed by atoms with van der Waals surface area (Å²) in [4.78, 5) is 24.7. The Bertz CT molecular complexity index is 813. The van der Waals surface area contributed by atoms with Gasteiger partial charge in [0.05, 0.1) is 12.0 Å². The molecule has 2 aromatic rings. The molecular formula is C22H25NO3. The average Bonchev–Trinajstić information content (AvgIpc) is 2.91. The minimum atomic E-state index is -0.521. The number of hydrogen-bond acceptors (Lipinski definition) is 3. The van der Waals surface area contributed by atoms with Gasteiger partial charge in [-0.25, -0.2) is 4.79 Å². The highest BCUT2D eigenvalue weighted by atomic mass is 16.5. The number of esters is 1. The minimum Gasteiger partial charge on any atom is -0.453 e. The smallest absolute Gasteiger partial charge is 0.339 e. The second-order valence-electron chi connectivity index (χ2n) is 7.35. The maximum atomic E-state index is 12.7. The number of anilines is 1. The van der Waals surface area contributed by atoms with Crippen LogP contribution in [-0.2, 0) is 9.53 Å². The molecule has 1 heterocycles. The van der Waals surface area contributed by atoms with Crippen molar-refractivity contribution in [2.75, 3.05) is 5.32 Å². The molecule has 1 aliphatic rings. The zero-order valence-electron chi connectivity index (χ0n) is 15.7. The molecule has 4 nitrogen and oxygen atoms in total. The van der Waals surface area contributed by atoms with E-state index < -0.39 is 6.10 Å². The molecule has 4 heteroatoms. The average molecular weight is 351 g/mol. The fourth-order valence-electron chi connectivity index (χ4n) is 3.43. The first-order valence-electron chi connectivity index (χ1n) is 9.11. The molecule has 136 valence electrons. The maximum absolute atomic E-state index is 12.7. The van der Waals surface area contributed by atoms with Gasteiger partial charge < -0.3 is 10.1 Å². The molecule has 1 atom stereocenters. The third-order valence-electron chi connectivity index (χ3n) is 4.79. The van der Waals surface area contributed by atoms with E-state index in [1.807, 2.05) is 18.2 Å². The van der Waals surface area contributed by atoms with Crippen LogP contribution in [0.4, 0.5) is 5.69 Å². The van der Waals surface area contributed by atoms with Crippen LogP contribution in [0, 0.1) is 0 Å². The lowest BCUT2D eigenvalue weighted by Crippen LogP contribution is -2.18. The molecule has 1 amide bonds. The van der Waals surface area contributed by atoms with Gasteiger partial charge in [0.25, 0.3) is 0 Å². The number of para-hydroxylation sites is 1. The maximum Gasteiger partial charge on any atom is 0.339 e. The summed E-state index contributed by atoms with van der Waals surface area (Å²) in [7, 11) is 0. The number of ether oxygens (including phenoxy) is 1. The summed E-state index contributed by atoms with van der Waals surface area (Å²) in [5.41, 5.74) is 4.46. The molecule has 0 saturated carbocycles. The van der Waals surface area contributed by atoms with Crippen LogP contribution >= 0.6 is 0 Å². The third kappa shape index (κ3) is 3.50. The van der Waals surface area contributed by atoms with Crippen molar-refractivity contribution in [2.24, 2.45) is 0 Å². The van der Waals surface area contributed by atoms with Gasteiger partial charge >= 0.3 is 5.97 Å². The van der Waals surface area contributed by atoms with Gasteiger partial charge in [0, 0.05) is 11.3 Å². The molecule has 0 aliphatic carbocycles. The predicted octanol–water partition coefficient (Wildman–Crippen LogP) is 5.17. The van der Waals surface area contributed by atoms with Crippen LogP contribution in [0.15, 0.2) is 42.5 Å². The highest BCUT2D eigenvalue weighted by Gasteiger charge is 2.32. The van der Waals surface area contributed by atoms with E-state index in [-0.39, 0.29) is 18.3 Å². The summed E-state index contributed by atoms with van der Waals surface area (Å²) >= 11 is 0. The molecule has 3 rings (SSSR count). The predicted molar refractivity (Wildman–Crippen MR) is 102 cm³/mol. The lowest BCUT2D eigenvalue weighted by molar-refractivity contribution is -0.118. The van der Waals surface area contributed by atoms with Crippen LogP contribution in [0.1, 0.15) is 79.1 Å². The Labute approximate surface area is 154 Å². The Hall–Kier alpha value is -2.62. The molecule has 0 bridgehead atoms. The van der Waals surface area contributed by atoms with E-state index in [4.69, 9.17) is 4.74 Å². The highest BCUT2D eigenvalue weighted by Crippen LogP contribution is 2.35. The molecule has 0 fully saturated rings. The molecule has 0 saturated heterocycles. The summed E-state index contributed by atoms with van der Waals surface area (Å²) in [5, 5.41) is 3.08. The third-order valence-corrected chi connectivity index (χ3v) is 4.79. The largest absolute Gasteiger partial charge is 0.453 e. The van der Waals surface area contributed by atoms with Crippen LogP contribution in [0.25, 0.3) is 0 Å². The number of benzene rings is 2. The van der Waals surface area contributed by atoms with Crippen molar-refractivity contribution in [3.05, 3.63) is 64.7 Å². The Morgan fingerprint density at radius 3 is 2.23 bits per heavy atom. The van der Waals surface area contributed by atoms with Crippen LogP contribution in [0.3, 0.4) is 0 Å². The first-order chi connectivity index (χ1) is 12.4. The van der Waals surface area contributed by atoms with Gasteiger partial charge in [0.15, 0.2) is 0 Å². The van der Waals surface area contributed by atoms with Crippen molar-refractivity contribution in [1.82, 2.24) is 0 Å². The lowest BCUT2D eigenvalue weighted by Gasteiger charge is -2.21. The second kappa shape index (κ2) is 7.32. The van der Waals surface area contributed by atoms with Gasteiger partial charge in [-0.1, -0.05) is 64.1 Å². The first kappa shape index (κ1) is 18.2. The van der Waals surface area contributed by atoms with E-state index >= 15 is 0 Å². The Balaban J connectivity index is 1.83. The number of nitrogens with one attached hydrogen (secondary N) is 1. The van der Waals surface area contributed by atoms with Gasteiger partial charge in [0.1, 0.15) is 6.10 Å². The number of amides is 1. The monoisotopic (exact) mass is 351 g/mol. The normalized spacial score (nSPS) is 15.9. The molecule has 1 aliphatic heterocycles. The molecular weight excluding hydrogens is 326 g/mol. The van der Waals surface area contributed by atoms with Gasteiger partial charge in [-0.15, -0.1) is 0 Å². The van der Waals surface area contributed by atoms with Crippen molar-refractivity contribution in [3.8, 4) is 0 Å². The fourth-order valence-corrected chi connectivity index (χ4v) is 3.43. The Morgan fingerprint density at radius 1 is 1.00 bits per heavy atom. The van der Waals surface area contributed by atoms with E-state index in [1.165, 1.54) is 0 Å². The zero-order chi connectivity index (χ0) is 18.8. The quantitative estimate of drug-likeness (QED) is 0.756. The molecule has 26 heavy (non-hydrogen) atoms. The van der Waals surface area contributed by atoms with Crippen molar-refractivity contribution in [1.29, 1.82) is 0 Å². The van der Waals surface area contributed by atoms with E-state index in [0.29, 0.717) is 17.4 Å². The molecule has 2 aromatic carbocycles. The van der Waals surface area contributed by atoms with E-state index in [1.54, 1.807) is 12.1 Å². The van der Waals surface area contributed by atoms with Gasteiger partial charge in [-0.3, -0.25) is 4.79 Å². The van der Waals surface area contributed by atoms with E-state index in [2.05, 4.69) is 45.1 Å². The van der Waals surface area contributed by atoms with Gasteiger partial charge in [0.2, 0.25) is 5.91 Å². The van der Waals surface area contributed by atoms with Crippen LogP contribution < -0.4 is 5.32 Å². The van der Waals surface area contributed by atoms with Crippen molar-refractivity contribution in [3.63, 3.8) is 0 Å². The minimum absolute atomic E-state index is 0.118. The topological polar surface area (TPSA) is 55.4 Å². The molecule has 1 unspecified atom stereocenters. The Morgan fingerprint density at radius 2 is 1.62 bits per heavy atom. The van der Waals surface area contributed by atoms with Crippen LogP contribution in [0.2, 0.25) is 0 Å². The lowest BCUT2D eigenvalue weighted by atomic mass is 9.92. The van der Waals surface area contributed by atoms with Gasteiger partial charge in [-0.05, 0) is 29.0 Å². The zero-order valence-corrected chi connectivity index (χ0v) is 15.7. The molecule has 1 N–H and O–H groups in total. The summed E-state index contributed by atoms with van der Waals surface area (Å²) in [6.07, 6.45) is -0.403.